The molecule has 6 aromatic rings. The van der Waals surface area contributed by atoms with Crippen LogP contribution in [0, 0.1) is 53.4 Å². The highest BCUT2D eigenvalue weighted by molar-refractivity contribution is 5.95. The van der Waals surface area contributed by atoms with Crippen molar-refractivity contribution in [2.45, 2.75) is 41.5 Å². The van der Waals surface area contributed by atoms with E-state index in [2.05, 4.69) is 87.6 Å². The summed E-state index contributed by atoms with van der Waals surface area (Å²) in [5.41, 5.74) is 17.0. The lowest BCUT2D eigenvalue weighted by molar-refractivity contribution is 0.0697. The molecule has 0 atom stereocenters. The van der Waals surface area contributed by atoms with Gasteiger partial charge in [0, 0.05) is 22.2 Å². The Bertz CT molecular complexity index is 2780. The van der Waals surface area contributed by atoms with Crippen LogP contribution in [-0.4, -0.2) is 41.0 Å². The fourth-order valence-corrected chi connectivity index (χ4v) is 7.49. The molecule has 3 aromatic carbocycles. The van der Waals surface area contributed by atoms with Gasteiger partial charge < -0.3 is 15.1 Å². The van der Waals surface area contributed by atoms with Crippen LogP contribution in [0.15, 0.2) is 66.7 Å². The number of carboxylic acid groups (broad SMARTS) is 1. The van der Waals surface area contributed by atoms with Crippen molar-refractivity contribution in [1.82, 2.24) is 29.9 Å². The third-order valence-corrected chi connectivity index (χ3v) is 9.56. The quantitative estimate of drug-likeness (QED) is 0.159. The van der Waals surface area contributed by atoms with E-state index in [1.165, 1.54) is 11.1 Å². The molecule has 2 aliphatic rings. The number of carbonyl (C=O) groups is 1. The second kappa shape index (κ2) is 13.0. The highest BCUT2D eigenvalue weighted by Crippen LogP contribution is 2.37. The Balaban J connectivity index is 1.48. The lowest BCUT2D eigenvalue weighted by Gasteiger charge is -2.13. The zero-order valence-electron chi connectivity index (χ0n) is 30.3. The maximum Gasteiger partial charge on any atom is 0.335 e. The van der Waals surface area contributed by atoms with E-state index in [0.29, 0.717) is 34.1 Å². The summed E-state index contributed by atoms with van der Waals surface area (Å²) in [7, 11) is 0. The van der Waals surface area contributed by atoms with Gasteiger partial charge in [0.2, 0.25) is 0 Å². The van der Waals surface area contributed by atoms with E-state index >= 15 is 0 Å². The summed E-state index contributed by atoms with van der Waals surface area (Å²) >= 11 is 0. The molecule has 8 rings (SSSR count). The molecule has 0 saturated heterocycles. The van der Waals surface area contributed by atoms with E-state index in [4.69, 9.17) is 19.9 Å². The molecule has 0 saturated carbocycles. The number of H-pyrrole nitrogens is 2. The standard InChI is InChI=1S/C45H36N6O2/c1-24-19-26(3)40(27(4)20-24)42-33-13-16-37(46-33)50-38-17-14-35(47-38)43(41-28(5)21-25(2)22-29(41)6)36-23-32(44(49-36)51-39-18-15-34(42)48-39)12-9-30-7-10-31(11-8-30)45(52)53/h7-8,10-11,13-23H,1-6H3,(H,52,53)(H2,48,49,51). The minimum Gasteiger partial charge on any atom is -0.478 e. The lowest BCUT2D eigenvalue weighted by Crippen LogP contribution is -1.94. The Morgan fingerprint density at radius 2 is 1.11 bits per heavy atom. The number of carboxylic acids is 1. The molecule has 0 fully saturated rings. The number of nitrogens with zero attached hydrogens (tertiary/aromatic N) is 4. The van der Waals surface area contributed by atoms with Crippen LogP contribution < -0.4 is 0 Å². The lowest BCUT2D eigenvalue weighted by atomic mass is 9.92. The van der Waals surface area contributed by atoms with Crippen LogP contribution in [0.1, 0.15) is 77.9 Å². The van der Waals surface area contributed by atoms with Crippen molar-refractivity contribution in [1.29, 1.82) is 0 Å². The minimum absolute atomic E-state index is 0.207. The molecule has 0 radical (unpaired) electrons. The van der Waals surface area contributed by atoms with Gasteiger partial charge in [-0.2, -0.15) is 0 Å². The van der Waals surface area contributed by atoms with Crippen molar-refractivity contribution in [3.05, 3.63) is 140 Å². The highest BCUT2D eigenvalue weighted by Gasteiger charge is 2.19. The van der Waals surface area contributed by atoms with Gasteiger partial charge in [-0.3, -0.25) is 0 Å². The number of nitrogens with one attached hydrogen (secondary N) is 2. The molecule has 0 amide bonds. The third kappa shape index (κ3) is 6.34. The number of hydrogen-bond acceptors (Lipinski definition) is 5. The van der Waals surface area contributed by atoms with Gasteiger partial charge in [-0.15, -0.1) is 0 Å². The number of aryl methyl sites for hydroxylation is 6. The molecule has 3 N–H and O–H groups in total. The monoisotopic (exact) mass is 692 g/mol. The smallest absolute Gasteiger partial charge is 0.335 e. The Labute approximate surface area is 307 Å². The van der Waals surface area contributed by atoms with Crippen LogP contribution >= 0.6 is 0 Å². The van der Waals surface area contributed by atoms with Crippen LogP contribution in [0.4, 0.5) is 0 Å². The topological polar surface area (TPSA) is 120 Å². The highest BCUT2D eigenvalue weighted by atomic mass is 16.4. The fraction of sp³-hybridized carbons (Fsp3) is 0.133. The van der Waals surface area contributed by atoms with Crippen LogP contribution in [0.3, 0.4) is 0 Å². The van der Waals surface area contributed by atoms with Crippen LogP contribution in [0.25, 0.3) is 68.9 Å². The van der Waals surface area contributed by atoms with E-state index < -0.39 is 5.97 Å². The van der Waals surface area contributed by atoms with Gasteiger partial charge in [-0.1, -0.05) is 47.2 Å². The average molecular weight is 693 g/mol. The van der Waals surface area contributed by atoms with Crippen molar-refractivity contribution in [2.75, 3.05) is 0 Å². The zero-order chi connectivity index (χ0) is 37.0. The van der Waals surface area contributed by atoms with Gasteiger partial charge in [0.05, 0.1) is 28.0 Å². The molecule has 0 unspecified atom stereocenters. The van der Waals surface area contributed by atoms with Crippen molar-refractivity contribution in [3.63, 3.8) is 0 Å². The normalized spacial score (nSPS) is 11.8. The Morgan fingerprint density at radius 1 is 0.566 bits per heavy atom. The van der Waals surface area contributed by atoms with Gasteiger partial charge in [0.15, 0.2) is 11.6 Å². The van der Waals surface area contributed by atoms with Crippen LogP contribution in [-0.2, 0) is 0 Å². The first kappa shape index (κ1) is 33.3. The number of rotatable bonds is 3. The Kier molecular flexibility index (Phi) is 8.19. The maximum atomic E-state index is 11.4. The maximum absolute atomic E-state index is 11.4. The summed E-state index contributed by atoms with van der Waals surface area (Å²) < 4.78 is 0. The molecular weight excluding hydrogens is 657 g/mol. The Morgan fingerprint density at radius 3 is 1.66 bits per heavy atom. The average Bonchev–Trinajstić information content (AvgIpc) is 3.92. The minimum atomic E-state index is -0.981. The molecule has 0 aliphatic carbocycles. The van der Waals surface area contributed by atoms with Crippen molar-refractivity contribution < 1.29 is 9.90 Å². The summed E-state index contributed by atoms with van der Waals surface area (Å²) in [6, 6.07) is 21.3. The molecular formula is C45H36N6O2. The van der Waals surface area contributed by atoms with Gasteiger partial charge in [-0.25, -0.2) is 24.7 Å². The van der Waals surface area contributed by atoms with E-state index in [-0.39, 0.29) is 5.56 Å². The van der Waals surface area contributed by atoms with E-state index in [0.717, 1.165) is 66.9 Å². The second-order valence-corrected chi connectivity index (χ2v) is 13.7. The van der Waals surface area contributed by atoms with Crippen molar-refractivity contribution >= 4 is 52.6 Å². The first-order chi connectivity index (χ1) is 25.5. The molecule has 3 aromatic heterocycles. The molecule has 258 valence electrons. The first-order valence-electron chi connectivity index (χ1n) is 17.4. The fourth-order valence-electron chi connectivity index (χ4n) is 7.49. The molecule has 2 aliphatic heterocycles. The molecule has 8 bridgehead atoms. The number of benzene rings is 3. The predicted molar refractivity (Wildman–Crippen MR) is 213 cm³/mol. The number of hydrogen-bond donors (Lipinski definition) is 3. The SMILES string of the molecule is Cc1cc(C)c(-c2c3nc(nc4nc(c(-c5c(C)cc(C)cc5C)c5cc(C#Cc6ccc(C(=O)O)cc6)c(nc6ccc2[nH]6)[nH]5)C=C4)C=C3)c(C)c1. The third-order valence-electron chi connectivity index (χ3n) is 9.56. The first-order valence-corrected chi connectivity index (χ1v) is 17.4. The van der Waals surface area contributed by atoms with Gasteiger partial charge in [0.25, 0.3) is 0 Å². The van der Waals surface area contributed by atoms with Crippen LogP contribution in [0.5, 0.6) is 0 Å². The van der Waals surface area contributed by atoms with Crippen LogP contribution in [0.2, 0.25) is 0 Å². The van der Waals surface area contributed by atoms with Gasteiger partial charge in [-0.05, 0) is 142 Å². The van der Waals surface area contributed by atoms with E-state index in [1.807, 2.05) is 42.5 Å². The summed E-state index contributed by atoms with van der Waals surface area (Å²) in [5.74, 6) is 6.70. The number of fused-ring (bicyclic) bond motifs is 8. The van der Waals surface area contributed by atoms with E-state index in [9.17, 15) is 9.90 Å². The molecule has 8 nitrogen and oxygen atoms in total. The van der Waals surface area contributed by atoms with E-state index in [1.54, 1.807) is 24.3 Å². The number of aromatic carboxylic acids is 1. The largest absolute Gasteiger partial charge is 0.478 e. The summed E-state index contributed by atoms with van der Waals surface area (Å²) in [6.07, 6.45) is 7.86. The van der Waals surface area contributed by atoms with Gasteiger partial charge in [0.1, 0.15) is 11.3 Å². The molecule has 5 heterocycles. The molecule has 8 heteroatoms. The number of aromatic amines is 2. The van der Waals surface area contributed by atoms with Crippen molar-refractivity contribution in [3.8, 4) is 34.1 Å². The zero-order valence-corrected chi connectivity index (χ0v) is 30.3. The van der Waals surface area contributed by atoms with Crippen molar-refractivity contribution in [2.24, 2.45) is 0 Å². The summed E-state index contributed by atoms with van der Waals surface area (Å²) in [5, 5.41) is 9.38. The summed E-state index contributed by atoms with van der Waals surface area (Å²) in [4.78, 5) is 38.7. The predicted octanol–water partition coefficient (Wildman–Crippen LogP) is 9.73. The molecule has 0 spiro atoms. The number of aromatic nitrogens is 6. The Hall–Kier alpha value is -6.85. The summed E-state index contributed by atoms with van der Waals surface area (Å²) in [6.45, 7) is 12.7. The second-order valence-electron chi connectivity index (χ2n) is 13.7. The van der Waals surface area contributed by atoms with Gasteiger partial charge >= 0.3 is 5.97 Å². The molecule has 53 heavy (non-hydrogen) atoms.